The van der Waals surface area contributed by atoms with Crippen molar-refractivity contribution in [2.75, 3.05) is 25.4 Å². The highest BCUT2D eigenvalue weighted by molar-refractivity contribution is 5.96. The maximum Gasteiger partial charge on any atom is 0.296 e. The number of likely N-dealkylation sites (tertiary alicyclic amines) is 1. The highest BCUT2D eigenvalue weighted by atomic mass is 16.5. The van der Waals surface area contributed by atoms with Crippen LogP contribution >= 0.6 is 0 Å². The lowest BCUT2D eigenvalue weighted by Crippen LogP contribution is -2.36. The summed E-state index contributed by atoms with van der Waals surface area (Å²) in [5.74, 6) is 0.129. The Balaban J connectivity index is 2.12. The van der Waals surface area contributed by atoms with Gasteiger partial charge in [0.25, 0.3) is 11.9 Å². The van der Waals surface area contributed by atoms with Gasteiger partial charge < -0.3 is 20.4 Å². The van der Waals surface area contributed by atoms with Crippen LogP contribution in [0.3, 0.4) is 0 Å². The quantitative estimate of drug-likeness (QED) is 0.823. The zero-order valence-electron chi connectivity index (χ0n) is 10.0. The molecule has 0 saturated carbocycles. The number of anilines is 1. The molecule has 0 atom stereocenters. The molecule has 0 bridgehead atoms. The summed E-state index contributed by atoms with van der Waals surface area (Å²) in [7, 11) is 0. The number of imidazole rings is 1. The molecule has 1 saturated heterocycles. The van der Waals surface area contributed by atoms with E-state index in [2.05, 4.69) is 9.97 Å². The van der Waals surface area contributed by atoms with Crippen molar-refractivity contribution in [3.8, 4) is 6.01 Å². The first kappa shape index (κ1) is 11.8. The molecule has 1 aromatic heterocycles. The Morgan fingerprint density at radius 1 is 1.47 bits per heavy atom. The van der Waals surface area contributed by atoms with Crippen molar-refractivity contribution in [3.63, 3.8) is 0 Å². The van der Waals surface area contributed by atoms with Crippen molar-refractivity contribution in [2.24, 2.45) is 0 Å². The molecule has 1 aliphatic rings. The summed E-state index contributed by atoms with van der Waals surface area (Å²) in [5.41, 5.74) is 6.05. The fraction of sp³-hybridized carbons (Fsp3) is 0.636. The number of rotatable bonds is 3. The van der Waals surface area contributed by atoms with Crippen molar-refractivity contribution < 1.29 is 9.53 Å². The molecular weight excluding hydrogens is 220 g/mol. The molecule has 0 radical (unpaired) electrons. The number of piperidine rings is 1. The lowest BCUT2D eigenvalue weighted by Gasteiger charge is -2.26. The van der Waals surface area contributed by atoms with E-state index in [1.54, 1.807) is 0 Å². The minimum atomic E-state index is -0.0827. The maximum atomic E-state index is 12.2. The molecule has 0 unspecified atom stereocenters. The van der Waals surface area contributed by atoms with Gasteiger partial charge in [-0.05, 0) is 26.2 Å². The summed E-state index contributed by atoms with van der Waals surface area (Å²) in [5, 5.41) is 0. The number of nitrogens with zero attached hydrogens (tertiary/aromatic N) is 2. The van der Waals surface area contributed by atoms with E-state index in [1.165, 1.54) is 6.42 Å². The first-order valence-electron chi connectivity index (χ1n) is 6.00. The number of nitrogen functional groups attached to an aromatic ring is 1. The Labute approximate surface area is 100 Å². The minimum Gasteiger partial charge on any atom is -0.465 e. The number of hydrogen-bond donors (Lipinski definition) is 2. The molecule has 0 aliphatic carbocycles. The zero-order chi connectivity index (χ0) is 12.3. The third-order valence-electron chi connectivity index (χ3n) is 2.85. The Morgan fingerprint density at radius 3 is 2.82 bits per heavy atom. The van der Waals surface area contributed by atoms with E-state index in [4.69, 9.17) is 10.5 Å². The molecule has 2 rings (SSSR count). The molecular formula is C11H18N4O2. The van der Waals surface area contributed by atoms with E-state index in [0.29, 0.717) is 18.3 Å². The highest BCUT2D eigenvalue weighted by Crippen LogP contribution is 2.18. The molecule has 1 aliphatic heterocycles. The van der Waals surface area contributed by atoms with Gasteiger partial charge in [0.05, 0.1) is 6.61 Å². The number of hydrogen-bond acceptors (Lipinski definition) is 4. The number of aromatic nitrogens is 2. The third-order valence-corrected chi connectivity index (χ3v) is 2.85. The summed E-state index contributed by atoms with van der Waals surface area (Å²) in [6, 6.07) is 0.311. The van der Waals surface area contributed by atoms with Crippen LogP contribution in [0, 0.1) is 0 Å². The molecule has 94 valence electrons. The third kappa shape index (κ3) is 2.51. The summed E-state index contributed by atoms with van der Waals surface area (Å²) in [6.07, 6.45) is 3.29. The van der Waals surface area contributed by atoms with Crippen LogP contribution < -0.4 is 10.5 Å². The normalized spacial score (nSPS) is 15.9. The first-order chi connectivity index (χ1) is 8.22. The van der Waals surface area contributed by atoms with Crippen LogP contribution in [0.1, 0.15) is 36.7 Å². The fourth-order valence-corrected chi connectivity index (χ4v) is 1.99. The standard InChI is InChI=1S/C11H18N4O2/c1-2-17-11-13-8(9(12)14-11)10(16)15-6-4-3-5-7-15/h2-7,12H2,1H3,(H,13,14). The van der Waals surface area contributed by atoms with Gasteiger partial charge in [0.15, 0.2) is 11.5 Å². The average molecular weight is 238 g/mol. The molecule has 1 aromatic rings. The van der Waals surface area contributed by atoms with Gasteiger partial charge in [0.2, 0.25) is 0 Å². The van der Waals surface area contributed by atoms with Crippen molar-refractivity contribution in [2.45, 2.75) is 26.2 Å². The monoisotopic (exact) mass is 238 g/mol. The number of ether oxygens (including phenoxy) is 1. The van der Waals surface area contributed by atoms with Crippen LogP contribution in [0.2, 0.25) is 0 Å². The molecule has 0 spiro atoms. The predicted octanol–water partition coefficient (Wildman–Crippen LogP) is 1.02. The average Bonchev–Trinajstić information content (AvgIpc) is 2.71. The smallest absolute Gasteiger partial charge is 0.296 e. The van der Waals surface area contributed by atoms with E-state index in [0.717, 1.165) is 25.9 Å². The van der Waals surface area contributed by atoms with Crippen LogP contribution in [-0.4, -0.2) is 40.5 Å². The SMILES string of the molecule is CCOc1nc(N)c(C(=O)N2CCCCC2)[nH]1. The molecule has 17 heavy (non-hydrogen) atoms. The fourth-order valence-electron chi connectivity index (χ4n) is 1.99. The van der Waals surface area contributed by atoms with Crippen molar-refractivity contribution >= 4 is 11.7 Å². The number of nitrogens with one attached hydrogen (secondary N) is 1. The van der Waals surface area contributed by atoms with Gasteiger partial charge in [-0.15, -0.1) is 0 Å². The second-order valence-corrected chi connectivity index (χ2v) is 4.09. The number of amides is 1. The van der Waals surface area contributed by atoms with E-state index in [9.17, 15) is 4.79 Å². The Morgan fingerprint density at radius 2 is 2.18 bits per heavy atom. The summed E-state index contributed by atoms with van der Waals surface area (Å²) >= 11 is 0. The van der Waals surface area contributed by atoms with Crippen LogP contribution in [0.4, 0.5) is 5.82 Å². The van der Waals surface area contributed by atoms with Gasteiger partial charge in [-0.1, -0.05) is 0 Å². The van der Waals surface area contributed by atoms with Crippen molar-refractivity contribution in [1.29, 1.82) is 0 Å². The molecule has 1 amide bonds. The van der Waals surface area contributed by atoms with Gasteiger partial charge >= 0.3 is 0 Å². The summed E-state index contributed by atoms with van der Waals surface area (Å²) < 4.78 is 5.19. The van der Waals surface area contributed by atoms with Gasteiger partial charge in [-0.2, -0.15) is 4.98 Å². The van der Waals surface area contributed by atoms with Gasteiger partial charge in [0, 0.05) is 13.1 Å². The van der Waals surface area contributed by atoms with E-state index < -0.39 is 0 Å². The van der Waals surface area contributed by atoms with Gasteiger partial charge in [-0.25, -0.2) is 0 Å². The Bertz CT molecular complexity index is 396. The second kappa shape index (κ2) is 5.07. The maximum absolute atomic E-state index is 12.2. The van der Waals surface area contributed by atoms with Crippen molar-refractivity contribution in [1.82, 2.24) is 14.9 Å². The van der Waals surface area contributed by atoms with Crippen LogP contribution in [0.15, 0.2) is 0 Å². The van der Waals surface area contributed by atoms with E-state index in [1.807, 2.05) is 11.8 Å². The molecule has 6 nitrogen and oxygen atoms in total. The van der Waals surface area contributed by atoms with E-state index in [-0.39, 0.29) is 11.7 Å². The van der Waals surface area contributed by atoms with Crippen LogP contribution in [0.25, 0.3) is 0 Å². The summed E-state index contributed by atoms with van der Waals surface area (Å²) in [6.45, 7) is 3.93. The van der Waals surface area contributed by atoms with E-state index >= 15 is 0 Å². The second-order valence-electron chi connectivity index (χ2n) is 4.09. The number of carbonyl (C=O) groups is 1. The number of aromatic amines is 1. The van der Waals surface area contributed by atoms with Gasteiger partial charge in [0.1, 0.15) is 0 Å². The highest BCUT2D eigenvalue weighted by Gasteiger charge is 2.23. The topological polar surface area (TPSA) is 84.2 Å². The van der Waals surface area contributed by atoms with Crippen molar-refractivity contribution in [3.05, 3.63) is 5.69 Å². The minimum absolute atomic E-state index is 0.0827. The molecule has 0 aromatic carbocycles. The van der Waals surface area contributed by atoms with Gasteiger partial charge in [-0.3, -0.25) is 4.79 Å². The van der Waals surface area contributed by atoms with Crippen LogP contribution in [0.5, 0.6) is 6.01 Å². The Hall–Kier alpha value is -1.72. The summed E-state index contributed by atoms with van der Waals surface area (Å²) in [4.78, 5) is 20.8. The van der Waals surface area contributed by atoms with Crippen LogP contribution in [-0.2, 0) is 0 Å². The largest absolute Gasteiger partial charge is 0.465 e. The first-order valence-corrected chi connectivity index (χ1v) is 6.00. The lowest BCUT2D eigenvalue weighted by molar-refractivity contribution is 0.0719. The zero-order valence-corrected chi connectivity index (χ0v) is 10.0. The molecule has 6 heteroatoms. The number of carbonyl (C=O) groups excluding carboxylic acids is 1. The number of H-pyrrole nitrogens is 1. The lowest BCUT2D eigenvalue weighted by atomic mass is 10.1. The molecule has 1 fully saturated rings. The molecule has 3 N–H and O–H groups in total. The number of nitrogens with two attached hydrogens (primary N) is 1. The Kier molecular flexibility index (Phi) is 3.51. The predicted molar refractivity (Wildman–Crippen MR) is 63.9 cm³/mol. The molecule has 2 heterocycles.